The summed E-state index contributed by atoms with van der Waals surface area (Å²) in [5.74, 6) is -0.0777. The molecule has 2 rings (SSSR count). The fourth-order valence-corrected chi connectivity index (χ4v) is 2.18. The Bertz CT molecular complexity index is 731. The number of nitrogens with one attached hydrogen (secondary N) is 2. The molecular formula is C19H23N3O2. The molecule has 24 heavy (non-hydrogen) atoms. The highest BCUT2D eigenvalue weighted by atomic mass is 16.2. The van der Waals surface area contributed by atoms with Crippen molar-refractivity contribution < 1.29 is 9.59 Å². The lowest BCUT2D eigenvalue weighted by atomic mass is 9.87. The summed E-state index contributed by atoms with van der Waals surface area (Å²) in [5.41, 5.74) is 2.59. The molecule has 5 nitrogen and oxygen atoms in total. The van der Waals surface area contributed by atoms with Gasteiger partial charge in [-0.3, -0.25) is 9.59 Å². The van der Waals surface area contributed by atoms with Gasteiger partial charge >= 0.3 is 0 Å². The zero-order valence-electron chi connectivity index (χ0n) is 14.5. The lowest BCUT2D eigenvalue weighted by Crippen LogP contribution is -2.33. The second kappa shape index (κ2) is 7.25. The number of hydrogen-bond acceptors (Lipinski definition) is 3. The molecule has 0 aliphatic rings. The molecule has 0 aliphatic carbocycles. The zero-order valence-corrected chi connectivity index (χ0v) is 14.5. The van der Waals surface area contributed by atoms with Crippen LogP contribution in [0.2, 0.25) is 0 Å². The first-order valence-electron chi connectivity index (χ1n) is 7.87. The molecule has 0 saturated heterocycles. The third-order valence-corrected chi connectivity index (χ3v) is 3.69. The maximum absolute atomic E-state index is 12.1. The quantitative estimate of drug-likeness (QED) is 0.907. The molecule has 2 aromatic rings. The number of benzene rings is 1. The van der Waals surface area contributed by atoms with Gasteiger partial charge in [-0.2, -0.15) is 0 Å². The third kappa shape index (κ3) is 4.65. The average Bonchev–Trinajstić information content (AvgIpc) is 2.54. The number of carbonyl (C=O) groups excluding carboxylic acids is 2. The number of pyridine rings is 1. The van der Waals surface area contributed by atoms with Crippen LogP contribution >= 0.6 is 0 Å². The summed E-state index contributed by atoms with van der Waals surface area (Å²) < 4.78 is 0. The van der Waals surface area contributed by atoms with E-state index in [1.807, 2.05) is 25.1 Å². The van der Waals surface area contributed by atoms with Crippen molar-refractivity contribution in [2.75, 3.05) is 11.9 Å². The largest absolute Gasteiger partial charge is 0.343 e. The summed E-state index contributed by atoms with van der Waals surface area (Å²) in [6.07, 6.45) is 1.61. The van der Waals surface area contributed by atoms with E-state index in [0.29, 0.717) is 11.4 Å². The molecule has 0 radical (unpaired) electrons. The minimum absolute atomic E-state index is 0.0371. The van der Waals surface area contributed by atoms with Gasteiger partial charge in [0.1, 0.15) is 5.82 Å². The number of aromatic nitrogens is 1. The van der Waals surface area contributed by atoms with E-state index >= 15 is 0 Å². The van der Waals surface area contributed by atoms with Gasteiger partial charge in [0.2, 0.25) is 5.91 Å². The minimum atomic E-state index is -0.309. The van der Waals surface area contributed by atoms with Gasteiger partial charge in [0.25, 0.3) is 5.91 Å². The van der Waals surface area contributed by atoms with E-state index in [4.69, 9.17) is 0 Å². The Hall–Kier alpha value is -2.69. The van der Waals surface area contributed by atoms with E-state index in [9.17, 15) is 9.59 Å². The van der Waals surface area contributed by atoms with Crippen molar-refractivity contribution in [2.24, 2.45) is 0 Å². The van der Waals surface area contributed by atoms with Crippen LogP contribution in [-0.2, 0) is 10.2 Å². The number of aryl methyl sites for hydroxylation is 1. The molecule has 0 saturated carbocycles. The van der Waals surface area contributed by atoms with Crippen LogP contribution in [0.1, 0.15) is 42.3 Å². The molecule has 0 bridgehead atoms. The van der Waals surface area contributed by atoms with E-state index in [1.165, 1.54) is 0 Å². The fraction of sp³-hybridized carbons (Fsp3) is 0.316. The SMILES string of the molecule is Cc1cccnc1NC(=O)CNC(=O)c1ccc(C(C)(C)C)cc1. The Morgan fingerprint density at radius 2 is 1.75 bits per heavy atom. The van der Waals surface area contributed by atoms with E-state index in [1.54, 1.807) is 24.4 Å². The Morgan fingerprint density at radius 1 is 1.08 bits per heavy atom. The van der Waals surface area contributed by atoms with Crippen LogP contribution < -0.4 is 10.6 Å². The number of nitrogens with zero attached hydrogens (tertiary/aromatic N) is 1. The molecule has 2 amide bonds. The zero-order chi connectivity index (χ0) is 17.7. The van der Waals surface area contributed by atoms with Crippen LogP contribution in [0.5, 0.6) is 0 Å². The topological polar surface area (TPSA) is 71.1 Å². The summed E-state index contributed by atoms with van der Waals surface area (Å²) in [7, 11) is 0. The summed E-state index contributed by atoms with van der Waals surface area (Å²) in [6, 6.07) is 11.1. The highest BCUT2D eigenvalue weighted by molar-refractivity contribution is 5.99. The second-order valence-electron chi connectivity index (χ2n) is 6.73. The van der Waals surface area contributed by atoms with Crippen LogP contribution in [0, 0.1) is 6.92 Å². The molecule has 0 spiro atoms. The first kappa shape index (κ1) is 17.7. The molecule has 0 fully saturated rings. The van der Waals surface area contributed by atoms with Crippen LogP contribution in [0.4, 0.5) is 5.82 Å². The monoisotopic (exact) mass is 325 g/mol. The highest BCUT2D eigenvalue weighted by Crippen LogP contribution is 2.22. The predicted molar refractivity (Wildman–Crippen MR) is 95.1 cm³/mol. The van der Waals surface area contributed by atoms with E-state index in [0.717, 1.165) is 11.1 Å². The molecule has 1 aromatic carbocycles. The van der Waals surface area contributed by atoms with Gasteiger partial charge in [-0.25, -0.2) is 4.98 Å². The molecule has 126 valence electrons. The Balaban J connectivity index is 1.91. The normalized spacial score (nSPS) is 11.0. The lowest BCUT2D eigenvalue weighted by Gasteiger charge is -2.19. The van der Waals surface area contributed by atoms with Crippen molar-refractivity contribution >= 4 is 17.6 Å². The summed E-state index contributed by atoms with van der Waals surface area (Å²) in [5, 5.41) is 5.30. The van der Waals surface area contributed by atoms with Crippen molar-refractivity contribution in [2.45, 2.75) is 33.1 Å². The fourth-order valence-electron chi connectivity index (χ4n) is 2.18. The molecule has 2 N–H and O–H groups in total. The van der Waals surface area contributed by atoms with Gasteiger partial charge < -0.3 is 10.6 Å². The van der Waals surface area contributed by atoms with Crippen LogP contribution in [0.3, 0.4) is 0 Å². The lowest BCUT2D eigenvalue weighted by molar-refractivity contribution is -0.115. The van der Waals surface area contributed by atoms with Crippen LogP contribution in [0.15, 0.2) is 42.6 Å². The van der Waals surface area contributed by atoms with Gasteiger partial charge in [-0.1, -0.05) is 39.0 Å². The molecule has 1 heterocycles. The Labute approximate surface area is 142 Å². The van der Waals surface area contributed by atoms with Gasteiger partial charge in [0.05, 0.1) is 6.54 Å². The van der Waals surface area contributed by atoms with Crippen molar-refractivity contribution in [3.63, 3.8) is 0 Å². The maximum atomic E-state index is 12.1. The van der Waals surface area contributed by atoms with Crippen molar-refractivity contribution in [1.82, 2.24) is 10.3 Å². The molecular weight excluding hydrogens is 302 g/mol. The first-order valence-corrected chi connectivity index (χ1v) is 7.87. The number of rotatable bonds is 4. The summed E-state index contributed by atoms with van der Waals surface area (Å²) >= 11 is 0. The molecule has 1 aromatic heterocycles. The number of hydrogen-bond donors (Lipinski definition) is 2. The van der Waals surface area contributed by atoms with E-state index < -0.39 is 0 Å². The highest BCUT2D eigenvalue weighted by Gasteiger charge is 2.14. The first-order chi connectivity index (χ1) is 11.3. The van der Waals surface area contributed by atoms with Crippen molar-refractivity contribution in [3.8, 4) is 0 Å². The van der Waals surface area contributed by atoms with Gasteiger partial charge in [0.15, 0.2) is 0 Å². The Kier molecular flexibility index (Phi) is 5.34. The average molecular weight is 325 g/mol. The standard InChI is InChI=1S/C19H23N3O2/c1-13-6-5-11-20-17(13)22-16(23)12-21-18(24)14-7-9-15(10-8-14)19(2,3)4/h5-11H,12H2,1-4H3,(H,21,24)(H,20,22,23). The van der Waals surface area contributed by atoms with Crippen molar-refractivity contribution in [3.05, 3.63) is 59.3 Å². The van der Waals surface area contributed by atoms with E-state index in [2.05, 4.69) is 36.4 Å². The van der Waals surface area contributed by atoms with Gasteiger partial charge in [-0.15, -0.1) is 0 Å². The van der Waals surface area contributed by atoms with Crippen molar-refractivity contribution in [1.29, 1.82) is 0 Å². The second-order valence-corrected chi connectivity index (χ2v) is 6.73. The maximum Gasteiger partial charge on any atom is 0.251 e. The van der Waals surface area contributed by atoms with E-state index in [-0.39, 0.29) is 23.8 Å². The smallest absolute Gasteiger partial charge is 0.251 e. The molecule has 0 unspecified atom stereocenters. The summed E-state index contributed by atoms with van der Waals surface area (Å²) in [6.45, 7) is 8.11. The molecule has 0 aliphatic heterocycles. The number of amides is 2. The third-order valence-electron chi connectivity index (χ3n) is 3.69. The number of carbonyl (C=O) groups is 2. The van der Waals surface area contributed by atoms with Crippen LogP contribution in [-0.4, -0.2) is 23.3 Å². The molecule has 5 heteroatoms. The van der Waals surface area contributed by atoms with Gasteiger partial charge in [0, 0.05) is 11.8 Å². The number of anilines is 1. The minimum Gasteiger partial charge on any atom is -0.343 e. The molecule has 0 atom stereocenters. The predicted octanol–water partition coefficient (Wildman–Crippen LogP) is 3.06. The van der Waals surface area contributed by atoms with Crippen LogP contribution in [0.25, 0.3) is 0 Å². The van der Waals surface area contributed by atoms with Gasteiger partial charge in [-0.05, 0) is 41.7 Å². The Morgan fingerprint density at radius 3 is 2.33 bits per heavy atom. The summed E-state index contributed by atoms with van der Waals surface area (Å²) in [4.78, 5) is 28.1.